The van der Waals surface area contributed by atoms with Crippen LogP contribution >= 0.6 is 0 Å². The van der Waals surface area contributed by atoms with Crippen LogP contribution in [0.15, 0.2) is 29.2 Å². The Labute approximate surface area is 115 Å². The molecule has 4 nitrogen and oxygen atoms in total. The molecule has 1 aliphatic carbocycles. The number of rotatable bonds is 6. The van der Waals surface area contributed by atoms with Crippen LogP contribution in [0.5, 0.6) is 0 Å². The van der Waals surface area contributed by atoms with E-state index in [0.717, 1.165) is 25.1 Å². The van der Waals surface area contributed by atoms with Crippen LogP contribution in [0.2, 0.25) is 0 Å². The van der Waals surface area contributed by atoms with Crippen molar-refractivity contribution in [2.45, 2.75) is 44.6 Å². The highest BCUT2D eigenvalue weighted by molar-refractivity contribution is 7.89. The van der Waals surface area contributed by atoms with E-state index in [1.165, 1.54) is 0 Å². The Morgan fingerprint density at radius 2 is 1.84 bits per heavy atom. The minimum Gasteiger partial charge on any atom is -0.385 e. The average molecular weight is 282 g/mol. The lowest BCUT2D eigenvalue weighted by molar-refractivity contribution is 0.555. The first kappa shape index (κ1) is 14.3. The van der Waals surface area contributed by atoms with Crippen LogP contribution in [-0.2, 0) is 10.0 Å². The molecule has 1 atom stereocenters. The topological polar surface area (TPSA) is 58.2 Å². The molecule has 1 aromatic carbocycles. The second-order valence-corrected chi connectivity index (χ2v) is 7.53. The Morgan fingerprint density at radius 3 is 2.32 bits per heavy atom. The number of hydrogen-bond acceptors (Lipinski definition) is 3. The average Bonchev–Trinajstić information content (AvgIpc) is 2.93. The molecule has 0 aromatic heterocycles. The summed E-state index contributed by atoms with van der Waals surface area (Å²) in [5, 5.41) is 3.22. The van der Waals surface area contributed by atoms with Gasteiger partial charge < -0.3 is 5.32 Å². The van der Waals surface area contributed by atoms with Gasteiger partial charge in [0.25, 0.3) is 0 Å². The summed E-state index contributed by atoms with van der Waals surface area (Å²) in [5.41, 5.74) is 1.04. The summed E-state index contributed by atoms with van der Waals surface area (Å²) in [5.74, 6) is 0. The van der Waals surface area contributed by atoms with Crippen LogP contribution in [0.25, 0.3) is 0 Å². The van der Waals surface area contributed by atoms with Crippen LogP contribution in [0.3, 0.4) is 0 Å². The Bertz CT molecular complexity index is 535. The molecule has 1 unspecified atom stereocenters. The molecule has 1 aromatic rings. The quantitative estimate of drug-likeness (QED) is 0.843. The van der Waals surface area contributed by atoms with Crippen molar-refractivity contribution < 1.29 is 8.42 Å². The van der Waals surface area contributed by atoms with Crippen molar-refractivity contribution in [2.24, 2.45) is 5.41 Å². The molecule has 0 amide bonds. The Morgan fingerprint density at radius 1 is 1.26 bits per heavy atom. The lowest BCUT2D eigenvalue weighted by Crippen LogP contribution is -2.28. The highest BCUT2D eigenvalue weighted by atomic mass is 32.2. The second kappa shape index (κ2) is 5.13. The predicted molar refractivity (Wildman–Crippen MR) is 77.7 cm³/mol. The van der Waals surface area contributed by atoms with Crippen molar-refractivity contribution in [3.63, 3.8) is 0 Å². The van der Waals surface area contributed by atoms with E-state index >= 15 is 0 Å². The normalized spacial score (nSPS) is 21.1. The highest BCUT2D eigenvalue weighted by Crippen LogP contribution is 2.45. The van der Waals surface area contributed by atoms with Gasteiger partial charge in [0.2, 0.25) is 10.0 Å². The summed E-state index contributed by atoms with van der Waals surface area (Å²) in [6, 6.07) is 6.98. The Kier molecular flexibility index (Phi) is 3.87. The SMILES string of the molecule is CCCNc1ccc(S(=O)(=O)NC2CC2(C)C)cc1. The van der Waals surface area contributed by atoms with Gasteiger partial charge >= 0.3 is 0 Å². The first-order valence-corrected chi connectivity index (χ1v) is 8.20. The third kappa shape index (κ3) is 3.48. The van der Waals surface area contributed by atoms with Crippen LogP contribution in [-0.4, -0.2) is 21.0 Å². The summed E-state index contributed by atoms with van der Waals surface area (Å²) >= 11 is 0. The number of benzene rings is 1. The Hall–Kier alpha value is -1.07. The third-order valence-corrected chi connectivity index (χ3v) is 5.04. The molecular weight excluding hydrogens is 260 g/mol. The fourth-order valence-electron chi connectivity index (χ4n) is 1.94. The summed E-state index contributed by atoms with van der Waals surface area (Å²) in [4.78, 5) is 0.331. The molecule has 1 saturated carbocycles. The first-order valence-electron chi connectivity index (χ1n) is 6.71. The molecule has 1 fully saturated rings. The van der Waals surface area contributed by atoms with Gasteiger partial charge in [-0.05, 0) is 42.5 Å². The molecule has 5 heteroatoms. The van der Waals surface area contributed by atoms with E-state index in [1.807, 2.05) is 12.1 Å². The van der Waals surface area contributed by atoms with Crippen LogP contribution in [0, 0.1) is 5.41 Å². The van der Waals surface area contributed by atoms with Crippen molar-refractivity contribution in [1.29, 1.82) is 0 Å². The van der Waals surface area contributed by atoms with E-state index in [-0.39, 0.29) is 11.5 Å². The standard InChI is InChI=1S/C14H22N2O2S/c1-4-9-15-11-5-7-12(8-6-11)19(17,18)16-13-10-14(13,2)3/h5-8,13,15-16H,4,9-10H2,1-3H3. The monoisotopic (exact) mass is 282 g/mol. The maximum atomic E-state index is 12.2. The minimum absolute atomic E-state index is 0.0652. The van der Waals surface area contributed by atoms with Crippen LogP contribution < -0.4 is 10.0 Å². The van der Waals surface area contributed by atoms with E-state index in [1.54, 1.807) is 12.1 Å². The summed E-state index contributed by atoms with van der Waals surface area (Å²) in [6.07, 6.45) is 1.95. The molecule has 0 aliphatic heterocycles. The molecule has 0 radical (unpaired) electrons. The van der Waals surface area contributed by atoms with Gasteiger partial charge in [0.05, 0.1) is 4.90 Å². The smallest absolute Gasteiger partial charge is 0.240 e. The lowest BCUT2D eigenvalue weighted by Gasteiger charge is -2.09. The zero-order valence-electron chi connectivity index (χ0n) is 11.7. The van der Waals surface area contributed by atoms with Gasteiger partial charge in [-0.1, -0.05) is 20.8 Å². The van der Waals surface area contributed by atoms with Gasteiger partial charge in [0.1, 0.15) is 0 Å². The lowest BCUT2D eigenvalue weighted by atomic mass is 10.2. The summed E-state index contributed by atoms with van der Waals surface area (Å²) in [7, 11) is -3.38. The van der Waals surface area contributed by atoms with Gasteiger partial charge in [0, 0.05) is 18.3 Å². The van der Waals surface area contributed by atoms with Crippen molar-refractivity contribution in [3.05, 3.63) is 24.3 Å². The summed E-state index contributed by atoms with van der Waals surface area (Å²) < 4.78 is 27.1. The number of hydrogen-bond donors (Lipinski definition) is 2. The maximum absolute atomic E-state index is 12.2. The molecule has 2 N–H and O–H groups in total. The molecule has 1 aliphatic rings. The van der Waals surface area contributed by atoms with E-state index < -0.39 is 10.0 Å². The predicted octanol–water partition coefficient (Wildman–Crippen LogP) is 2.59. The molecule has 106 valence electrons. The van der Waals surface area contributed by atoms with E-state index in [4.69, 9.17) is 0 Å². The molecule has 2 rings (SSSR count). The van der Waals surface area contributed by atoms with Crippen molar-refractivity contribution in [1.82, 2.24) is 4.72 Å². The van der Waals surface area contributed by atoms with Gasteiger partial charge in [0.15, 0.2) is 0 Å². The van der Waals surface area contributed by atoms with E-state index in [9.17, 15) is 8.42 Å². The summed E-state index contributed by atoms with van der Waals surface area (Å²) in [6.45, 7) is 7.11. The van der Waals surface area contributed by atoms with Crippen LogP contribution in [0.1, 0.15) is 33.6 Å². The Balaban J connectivity index is 2.04. The number of anilines is 1. The fourth-order valence-corrected chi connectivity index (χ4v) is 3.35. The minimum atomic E-state index is -3.38. The number of nitrogens with one attached hydrogen (secondary N) is 2. The van der Waals surface area contributed by atoms with E-state index in [2.05, 4.69) is 30.8 Å². The molecular formula is C14H22N2O2S. The van der Waals surface area contributed by atoms with Gasteiger partial charge in [-0.3, -0.25) is 0 Å². The zero-order chi connectivity index (χ0) is 14.1. The first-order chi connectivity index (χ1) is 8.85. The second-order valence-electron chi connectivity index (χ2n) is 5.82. The van der Waals surface area contributed by atoms with Gasteiger partial charge in [-0.15, -0.1) is 0 Å². The van der Waals surface area contributed by atoms with Gasteiger partial charge in [-0.25, -0.2) is 13.1 Å². The maximum Gasteiger partial charge on any atom is 0.240 e. The molecule has 0 bridgehead atoms. The van der Waals surface area contributed by atoms with Crippen molar-refractivity contribution in [2.75, 3.05) is 11.9 Å². The number of sulfonamides is 1. The molecule has 0 spiro atoms. The van der Waals surface area contributed by atoms with Crippen molar-refractivity contribution in [3.8, 4) is 0 Å². The van der Waals surface area contributed by atoms with E-state index in [0.29, 0.717) is 4.90 Å². The molecule has 0 heterocycles. The fraction of sp³-hybridized carbons (Fsp3) is 0.571. The third-order valence-electron chi connectivity index (χ3n) is 3.55. The zero-order valence-corrected chi connectivity index (χ0v) is 12.5. The van der Waals surface area contributed by atoms with Gasteiger partial charge in [-0.2, -0.15) is 0 Å². The van der Waals surface area contributed by atoms with Crippen molar-refractivity contribution >= 4 is 15.7 Å². The largest absolute Gasteiger partial charge is 0.385 e. The van der Waals surface area contributed by atoms with Crippen LogP contribution in [0.4, 0.5) is 5.69 Å². The molecule has 0 saturated heterocycles. The molecule has 19 heavy (non-hydrogen) atoms. The highest BCUT2D eigenvalue weighted by Gasteiger charge is 2.47.